The molecule has 17 heavy (non-hydrogen) atoms. The summed E-state index contributed by atoms with van der Waals surface area (Å²) < 4.78 is 14.9. The Kier molecular flexibility index (Phi) is 3.01. The third-order valence-electron chi connectivity index (χ3n) is 2.39. The monoisotopic (exact) mass is 236 g/mol. The molecule has 1 heterocycles. The number of phenols is 1. The Morgan fingerprint density at radius 2 is 2.06 bits per heavy atom. The van der Waals surface area contributed by atoms with Gasteiger partial charge in [-0.1, -0.05) is 0 Å². The van der Waals surface area contributed by atoms with E-state index in [0.29, 0.717) is 16.9 Å². The molecule has 90 valence electrons. The van der Waals surface area contributed by atoms with E-state index in [1.54, 1.807) is 12.1 Å². The lowest BCUT2D eigenvalue weighted by molar-refractivity contribution is 0.161. The summed E-state index contributed by atoms with van der Waals surface area (Å²) in [6.07, 6.45) is 0. The molecule has 0 saturated heterocycles. The Bertz CT molecular complexity index is 600. The summed E-state index contributed by atoms with van der Waals surface area (Å²) in [6.45, 7) is 0.198. The molecule has 0 aliphatic rings. The normalized spacial score (nSPS) is 10.7. The summed E-state index contributed by atoms with van der Waals surface area (Å²) in [5, 5.41) is 10.4. The Balaban J connectivity index is 2.73. The van der Waals surface area contributed by atoms with Gasteiger partial charge in [0.1, 0.15) is 29.3 Å². The van der Waals surface area contributed by atoms with Gasteiger partial charge in [-0.3, -0.25) is 0 Å². The van der Waals surface area contributed by atoms with E-state index < -0.39 is 5.63 Å². The largest absolute Gasteiger partial charge is 0.507 e. The smallest absolute Gasteiger partial charge is 0.347 e. The number of fused-ring (bicyclic) bond motifs is 1. The van der Waals surface area contributed by atoms with Gasteiger partial charge in [-0.25, -0.2) is 4.79 Å². The predicted octanol–water partition coefficient (Wildman–Crippen LogP) is 1.65. The van der Waals surface area contributed by atoms with Crippen molar-refractivity contribution >= 4 is 10.8 Å². The minimum Gasteiger partial charge on any atom is -0.507 e. The van der Waals surface area contributed by atoms with Crippen LogP contribution in [0.15, 0.2) is 27.4 Å². The second-order valence-electron chi connectivity index (χ2n) is 3.54. The third-order valence-corrected chi connectivity index (χ3v) is 2.39. The van der Waals surface area contributed by atoms with Crippen LogP contribution < -0.4 is 10.4 Å². The van der Waals surface area contributed by atoms with Crippen LogP contribution in [0.1, 0.15) is 5.76 Å². The topological polar surface area (TPSA) is 68.9 Å². The molecule has 0 saturated carbocycles. The van der Waals surface area contributed by atoms with Crippen LogP contribution in [-0.2, 0) is 11.3 Å². The van der Waals surface area contributed by atoms with E-state index in [-0.39, 0.29) is 17.7 Å². The van der Waals surface area contributed by atoms with E-state index in [0.717, 1.165) is 0 Å². The highest BCUT2D eigenvalue weighted by atomic mass is 16.5. The summed E-state index contributed by atoms with van der Waals surface area (Å²) in [5.74, 6) is 0.721. The molecule has 0 fully saturated rings. The first kappa shape index (κ1) is 11.5. The highest BCUT2D eigenvalue weighted by molar-refractivity contribution is 5.88. The Labute approximate surface area is 97.2 Å². The molecule has 0 radical (unpaired) electrons. The zero-order valence-corrected chi connectivity index (χ0v) is 9.52. The van der Waals surface area contributed by atoms with Crippen LogP contribution >= 0.6 is 0 Å². The molecular formula is C12H12O5. The van der Waals surface area contributed by atoms with Crippen molar-refractivity contribution < 1.29 is 19.0 Å². The van der Waals surface area contributed by atoms with Crippen molar-refractivity contribution in [1.82, 2.24) is 0 Å². The molecule has 2 aromatic rings. The lowest BCUT2D eigenvalue weighted by atomic mass is 10.1. The van der Waals surface area contributed by atoms with Gasteiger partial charge in [-0.15, -0.1) is 0 Å². The van der Waals surface area contributed by atoms with Gasteiger partial charge in [0.25, 0.3) is 0 Å². The second-order valence-corrected chi connectivity index (χ2v) is 3.54. The van der Waals surface area contributed by atoms with E-state index in [2.05, 4.69) is 0 Å². The lowest BCUT2D eigenvalue weighted by Crippen LogP contribution is -2.03. The van der Waals surface area contributed by atoms with E-state index >= 15 is 0 Å². The predicted molar refractivity (Wildman–Crippen MR) is 61.4 cm³/mol. The number of aromatic hydroxyl groups is 1. The van der Waals surface area contributed by atoms with Crippen LogP contribution in [0, 0.1) is 0 Å². The summed E-state index contributed by atoms with van der Waals surface area (Å²) in [4.78, 5) is 11.7. The van der Waals surface area contributed by atoms with Crippen molar-refractivity contribution in [2.24, 2.45) is 0 Å². The van der Waals surface area contributed by atoms with Crippen LogP contribution in [0.4, 0.5) is 0 Å². The van der Waals surface area contributed by atoms with Gasteiger partial charge in [-0.05, 0) is 17.5 Å². The van der Waals surface area contributed by atoms with Gasteiger partial charge >= 0.3 is 5.63 Å². The van der Waals surface area contributed by atoms with Crippen molar-refractivity contribution in [1.29, 1.82) is 0 Å². The zero-order chi connectivity index (χ0) is 12.4. The van der Waals surface area contributed by atoms with Gasteiger partial charge in [0.2, 0.25) is 0 Å². The Hall–Kier alpha value is -2.01. The number of hydrogen-bond donors (Lipinski definition) is 1. The molecule has 0 aliphatic carbocycles. The summed E-state index contributed by atoms with van der Waals surface area (Å²) in [6, 6.07) is 4.67. The number of methoxy groups -OCH3 is 2. The fraction of sp³-hybridized carbons (Fsp3) is 0.250. The average molecular weight is 236 g/mol. The van der Waals surface area contributed by atoms with Gasteiger partial charge in [-0.2, -0.15) is 0 Å². The zero-order valence-electron chi connectivity index (χ0n) is 9.52. The number of phenolic OH excluding ortho intramolecular Hbond substituents is 1. The molecule has 0 amide bonds. The summed E-state index contributed by atoms with van der Waals surface area (Å²) in [7, 11) is 3.00. The summed E-state index contributed by atoms with van der Waals surface area (Å²) >= 11 is 0. The summed E-state index contributed by atoms with van der Waals surface area (Å²) in [5.41, 5.74) is -0.588. The molecule has 0 atom stereocenters. The number of ether oxygens (including phenoxy) is 2. The Morgan fingerprint density at radius 1 is 1.29 bits per heavy atom. The van der Waals surface area contributed by atoms with Crippen molar-refractivity contribution in [3.63, 3.8) is 0 Å². The fourth-order valence-corrected chi connectivity index (χ4v) is 1.66. The highest BCUT2D eigenvalue weighted by Gasteiger charge is 2.10. The molecular weight excluding hydrogens is 224 g/mol. The molecule has 1 aromatic carbocycles. The number of hydrogen-bond acceptors (Lipinski definition) is 5. The quantitative estimate of drug-likeness (QED) is 0.877. The SMILES string of the molecule is COCc1cc2cc(OC)cc(O)c2c(=O)o1. The third kappa shape index (κ3) is 2.09. The Morgan fingerprint density at radius 3 is 2.71 bits per heavy atom. The molecule has 2 rings (SSSR count). The van der Waals surface area contributed by atoms with E-state index in [4.69, 9.17) is 13.9 Å². The first-order valence-electron chi connectivity index (χ1n) is 4.98. The van der Waals surface area contributed by atoms with E-state index in [9.17, 15) is 9.90 Å². The molecule has 0 bridgehead atoms. The van der Waals surface area contributed by atoms with Gasteiger partial charge in [0.05, 0.1) is 7.11 Å². The van der Waals surface area contributed by atoms with E-state index in [1.807, 2.05) is 0 Å². The van der Waals surface area contributed by atoms with Crippen molar-refractivity contribution in [2.45, 2.75) is 6.61 Å². The highest BCUT2D eigenvalue weighted by Crippen LogP contribution is 2.28. The van der Waals surface area contributed by atoms with Gasteiger partial charge in [0, 0.05) is 13.2 Å². The standard InChI is InChI=1S/C12H12O5/c1-15-6-9-4-7-3-8(16-2)5-10(13)11(7)12(14)17-9/h3-5,13H,6H2,1-2H3. The average Bonchev–Trinajstić information content (AvgIpc) is 2.28. The molecule has 1 N–H and O–H groups in total. The second kappa shape index (κ2) is 4.47. The first-order chi connectivity index (χ1) is 8.15. The number of rotatable bonds is 3. The van der Waals surface area contributed by atoms with Gasteiger partial charge in [0.15, 0.2) is 0 Å². The van der Waals surface area contributed by atoms with Crippen LogP contribution in [0.25, 0.3) is 10.8 Å². The molecule has 0 spiro atoms. The first-order valence-corrected chi connectivity index (χ1v) is 4.98. The van der Waals surface area contributed by atoms with Gasteiger partial charge < -0.3 is 19.0 Å². The maximum Gasteiger partial charge on any atom is 0.347 e. The van der Waals surface area contributed by atoms with Crippen LogP contribution in [0.5, 0.6) is 11.5 Å². The molecule has 5 nitrogen and oxygen atoms in total. The lowest BCUT2D eigenvalue weighted by Gasteiger charge is -2.05. The molecule has 0 aliphatic heterocycles. The molecule has 0 unspecified atom stereocenters. The molecule has 5 heteroatoms. The maximum absolute atomic E-state index is 11.7. The molecule has 1 aromatic heterocycles. The van der Waals surface area contributed by atoms with Crippen molar-refractivity contribution in [3.8, 4) is 11.5 Å². The fourth-order valence-electron chi connectivity index (χ4n) is 1.66. The van der Waals surface area contributed by atoms with E-state index in [1.165, 1.54) is 20.3 Å². The minimum atomic E-state index is -0.588. The van der Waals surface area contributed by atoms with Crippen molar-refractivity contribution in [2.75, 3.05) is 14.2 Å². The maximum atomic E-state index is 11.7. The van der Waals surface area contributed by atoms with Crippen molar-refractivity contribution in [3.05, 3.63) is 34.4 Å². The number of benzene rings is 1. The van der Waals surface area contributed by atoms with Crippen LogP contribution in [0.2, 0.25) is 0 Å². The minimum absolute atomic E-state index is 0.144. The van der Waals surface area contributed by atoms with Crippen LogP contribution in [0.3, 0.4) is 0 Å². The van der Waals surface area contributed by atoms with Crippen LogP contribution in [-0.4, -0.2) is 19.3 Å².